The molecule has 1 saturated heterocycles. The van der Waals surface area contributed by atoms with Crippen molar-refractivity contribution in [2.24, 2.45) is 11.7 Å². The Morgan fingerprint density at radius 2 is 2.00 bits per heavy atom. The number of rotatable bonds is 4. The summed E-state index contributed by atoms with van der Waals surface area (Å²) in [5.41, 5.74) is 4.84. The Balaban J connectivity index is 1.96. The highest BCUT2D eigenvalue weighted by molar-refractivity contribution is 5.91. The number of nitrogens with one attached hydrogen (secondary N) is 2. The zero-order valence-electron chi connectivity index (χ0n) is 11.8. The summed E-state index contributed by atoms with van der Waals surface area (Å²) in [7, 11) is 0. The lowest BCUT2D eigenvalue weighted by atomic mass is 9.97. The first-order chi connectivity index (χ1) is 10.4. The van der Waals surface area contributed by atoms with Crippen molar-refractivity contribution in [3.8, 4) is 0 Å². The van der Waals surface area contributed by atoms with Crippen LogP contribution in [0.2, 0.25) is 0 Å². The van der Waals surface area contributed by atoms with Crippen LogP contribution in [-0.2, 0) is 9.59 Å². The smallest absolute Gasteiger partial charge is 0.279 e. The van der Waals surface area contributed by atoms with Gasteiger partial charge in [0.25, 0.3) is 5.91 Å². The molecule has 22 heavy (non-hydrogen) atoms. The van der Waals surface area contributed by atoms with Gasteiger partial charge in [-0.1, -0.05) is 0 Å². The number of piperidine rings is 1. The highest BCUT2D eigenvalue weighted by Gasteiger charge is 2.28. The van der Waals surface area contributed by atoms with Crippen molar-refractivity contribution < 1.29 is 27.7 Å². The third-order valence-corrected chi connectivity index (χ3v) is 3.74. The minimum absolute atomic E-state index is 0.00220. The van der Waals surface area contributed by atoms with Gasteiger partial charge in [-0.15, -0.1) is 0 Å². The van der Waals surface area contributed by atoms with Crippen LogP contribution in [0.15, 0.2) is 12.1 Å². The fourth-order valence-corrected chi connectivity index (χ4v) is 2.60. The van der Waals surface area contributed by atoms with E-state index in [-0.39, 0.29) is 12.5 Å². The number of quaternary nitrogens is 1. The number of benzene rings is 1. The number of hydrogen-bond donors (Lipinski definition) is 3. The second kappa shape index (κ2) is 6.78. The Morgan fingerprint density at radius 1 is 1.27 bits per heavy atom. The highest BCUT2D eigenvalue weighted by atomic mass is 19.2. The van der Waals surface area contributed by atoms with Gasteiger partial charge in [0.2, 0.25) is 5.91 Å². The molecule has 1 aliphatic heterocycles. The van der Waals surface area contributed by atoms with Crippen LogP contribution in [0.25, 0.3) is 0 Å². The molecule has 1 fully saturated rings. The number of anilines is 1. The Bertz CT molecular complexity index is 595. The van der Waals surface area contributed by atoms with E-state index < -0.39 is 35.0 Å². The molecule has 0 bridgehead atoms. The maximum absolute atomic E-state index is 13.5. The van der Waals surface area contributed by atoms with Crippen molar-refractivity contribution in [1.82, 2.24) is 0 Å². The number of halogens is 3. The highest BCUT2D eigenvalue weighted by Crippen LogP contribution is 2.19. The lowest BCUT2D eigenvalue weighted by molar-refractivity contribution is -0.899. The third-order valence-electron chi connectivity index (χ3n) is 3.74. The molecule has 2 amide bonds. The van der Waals surface area contributed by atoms with E-state index in [9.17, 15) is 22.8 Å². The Kier molecular flexibility index (Phi) is 5.02. The molecule has 8 heteroatoms. The summed E-state index contributed by atoms with van der Waals surface area (Å²) in [6, 6.07) is 1.70. The van der Waals surface area contributed by atoms with Gasteiger partial charge >= 0.3 is 0 Å². The van der Waals surface area contributed by atoms with Crippen molar-refractivity contribution >= 4 is 17.5 Å². The van der Waals surface area contributed by atoms with E-state index in [1.54, 1.807) is 0 Å². The quantitative estimate of drug-likeness (QED) is 0.674. The van der Waals surface area contributed by atoms with Gasteiger partial charge in [-0.3, -0.25) is 9.59 Å². The topological polar surface area (TPSA) is 76.6 Å². The van der Waals surface area contributed by atoms with Crippen LogP contribution in [0.1, 0.15) is 12.8 Å². The van der Waals surface area contributed by atoms with Gasteiger partial charge in [-0.2, -0.15) is 0 Å². The second-order valence-corrected chi connectivity index (χ2v) is 5.39. The molecule has 1 heterocycles. The standard InChI is InChI=1S/C14H16F3N3O2/c15-9-3-4-10(13(17)12(9)16)19-11(21)7-20-5-1-2-8(6-20)14(18)22/h3-4,8H,1-2,5-7H2,(H2,18,22)(H,19,21)/p+1/t8-/m1/s1. The average Bonchev–Trinajstić information content (AvgIpc) is 2.48. The minimum atomic E-state index is -1.63. The maximum atomic E-state index is 13.5. The van der Waals surface area contributed by atoms with Crippen LogP contribution < -0.4 is 16.0 Å². The molecule has 4 N–H and O–H groups in total. The molecule has 0 radical (unpaired) electrons. The van der Waals surface area contributed by atoms with E-state index in [4.69, 9.17) is 5.73 Å². The van der Waals surface area contributed by atoms with Gasteiger partial charge in [0.1, 0.15) is 0 Å². The normalized spacial score (nSPS) is 21.4. The third kappa shape index (κ3) is 3.76. The molecule has 120 valence electrons. The molecular weight excluding hydrogens is 299 g/mol. The summed E-state index contributed by atoms with van der Waals surface area (Å²) in [6.45, 7) is 1.13. The zero-order chi connectivity index (χ0) is 16.3. The number of primary amides is 1. The summed E-state index contributed by atoms with van der Waals surface area (Å²) in [6.07, 6.45) is 1.45. The Hall–Kier alpha value is -2.09. The molecule has 0 spiro atoms. The van der Waals surface area contributed by atoms with E-state index >= 15 is 0 Å². The first-order valence-electron chi connectivity index (χ1n) is 6.94. The second-order valence-electron chi connectivity index (χ2n) is 5.39. The summed E-state index contributed by atoms with van der Waals surface area (Å²) in [4.78, 5) is 23.9. The van der Waals surface area contributed by atoms with E-state index in [1.165, 1.54) is 0 Å². The van der Waals surface area contributed by atoms with Crippen LogP contribution in [0, 0.1) is 23.4 Å². The summed E-state index contributed by atoms with van der Waals surface area (Å²) in [5.74, 6) is -5.60. The maximum Gasteiger partial charge on any atom is 0.279 e. The van der Waals surface area contributed by atoms with Crippen LogP contribution in [0.3, 0.4) is 0 Å². The van der Waals surface area contributed by atoms with Crippen LogP contribution >= 0.6 is 0 Å². The van der Waals surface area contributed by atoms with Crippen LogP contribution in [0.4, 0.5) is 18.9 Å². The Labute approximate surface area is 125 Å². The number of likely N-dealkylation sites (tertiary alicyclic amines) is 1. The van der Waals surface area contributed by atoms with Crippen LogP contribution in [-0.4, -0.2) is 31.4 Å². The van der Waals surface area contributed by atoms with Gasteiger partial charge < -0.3 is 16.0 Å². The molecule has 2 rings (SSSR count). The lowest BCUT2D eigenvalue weighted by Gasteiger charge is -2.27. The van der Waals surface area contributed by atoms with Crippen molar-refractivity contribution in [2.75, 3.05) is 25.0 Å². The number of hydrogen-bond acceptors (Lipinski definition) is 2. The van der Waals surface area contributed by atoms with Crippen LogP contribution in [0.5, 0.6) is 0 Å². The first-order valence-corrected chi connectivity index (χ1v) is 6.94. The molecule has 0 saturated carbocycles. The van der Waals surface area contributed by atoms with Crippen molar-refractivity contribution in [2.45, 2.75) is 12.8 Å². The fourth-order valence-electron chi connectivity index (χ4n) is 2.60. The van der Waals surface area contributed by atoms with E-state index in [0.29, 0.717) is 19.5 Å². The SMILES string of the molecule is NC(=O)[C@@H]1CCC[NH+](CC(=O)Nc2ccc(F)c(F)c2F)C1. The number of carbonyl (C=O) groups is 2. The molecule has 0 aromatic heterocycles. The number of carbonyl (C=O) groups excluding carboxylic acids is 2. The lowest BCUT2D eigenvalue weighted by Crippen LogP contribution is -3.14. The minimum Gasteiger partial charge on any atom is -0.369 e. The molecule has 5 nitrogen and oxygen atoms in total. The van der Waals surface area contributed by atoms with Gasteiger partial charge in [0.15, 0.2) is 24.0 Å². The molecular formula is C14H17F3N3O2+. The largest absolute Gasteiger partial charge is 0.369 e. The van der Waals surface area contributed by atoms with Crippen molar-refractivity contribution in [3.63, 3.8) is 0 Å². The fraction of sp³-hybridized carbons (Fsp3) is 0.429. The summed E-state index contributed by atoms with van der Waals surface area (Å²) < 4.78 is 39.4. The summed E-state index contributed by atoms with van der Waals surface area (Å²) in [5, 5.41) is 2.21. The Morgan fingerprint density at radius 3 is 2.68 bits per heavy atom. The molecule has 1 unspecified atom stereocenters. The first kappa shape index (κ1) is 16.3. The zero-order valence-corrected chi connectivity index (χ0v) is 11.8. The van der Waals surface area contributed by atoms with E-state index in [1.807, 2.05) is 0 Å². The summed E-state index contributed by atoms with van der Waals surface area (Å²) >= 11 is 0. The predicted octanol–water partition coefficient (Wildman–Crippen LogP) is -0.177. The average molecular weight is 316 g/mol. The predicted molar refractivity (Wildman–Crippen MR) is 72.4 cm³/mol. The van der Waals surface area contributed by atoms with Gasteiger partial charge in [-0.05, 0) is 25.0 Å². The molecule has 0 aliphatic carbocycles. The van der Waals surface area contributed by atoms with Gasteiger partial charge in [0, 0.05) is 0 Å². The van der Waals surface area contributed by atoms with E-state index in [0.717, 1.165) is 23.5 Å². The van der Waals surface area contributed by atoms with Gasteiger partial charge in [0.05, 0.1) is 24.7 Å². The van der Waals surface area contributed by atoms with E-state index in [2.05, 4.69) is 5.32 Å². The van der Waals surface area contributed by atoms with Crippen molar-refractivity contribution in [3.05, 3.63) is 29.6 Å². The van der Waals surface area contributed by atoms with Crippen molar-refractivity contribution in [1.29, 1.82) is 0 Å². The monoisotopic (exact) mass is 316 g/mol. The molecule has 1 aromatic rings. The molecule has 2 atom stereocenters. The number of nitrogens with two attached hydrogens (primary N) is 1. The molecule has 1 aliphatic rings. The molecule has 1 aromatic carbocycles. The van der Waals surface area contributed by atoms with Gasteiger partial charge in [-0.25, -0.2) is 13.2 Å². The number of amides is 2.